The second kappa shape index (κ2) is 8.79. The minimum absolute atomic E-state index is 0.136. The molecule has 1 atom stereocenters. The summed E-state index contributed by atoms with van der Waals surface area (Å²) < 4.78 is 29.0. The number of halogens is 2. The van der Waals surface area contributed by atoms with Crippen LogP contribution in [0, 0.1) is 0 Å². The van der Waals surface area contributed by atoms with Crippen LogP contribution in [0.15, 0.2) is 29.1 Å². The number of aromatic amines is 1. The van der Waals surface area contributed by atoms with Gasteiger partial charge in [0.05, 0.1) is 0 Å². The Balaban J connectivity index is 2.42. The van der Waals surface area contributed by atoms with Gasteiger partial charge in [-0.15, -0.1) is 0 Å². The van der Waals surface area contributed by atoms with E-state index in [2.05, 4.69) is 25.3 Å². The summed E-state index contributed by atoms with van der Waals surface area (Å²) in [6.07, 6.45) is 0.312. The first kappa shape index (κ1) is 20.6. The summed E-state index contributed by atoms with van der Waals surface area (Å²) in [6, 6.07) is 4.57. The van der Waals surface area contributed by atoms with E-state index in [1.165, 1.54) is 24.3 Å². The number of amides is 2. The van der Waals surface area contributed by atoms with Crippen LogP contribution >= 0.6 is 0 Å². The lowest BCUT2D eigenvalue weighted by Crippen LogP contribution is -2.36. The zero-order valence-corrected chi connectivity index (χ0v) is 14.7. The van der Waals surface area contributed by atoms with Crippen LogP contribution in [0.25, 0.3) is 0 Å². The van der Waals surface area contributed by atoms with Crippen molar-refractivity contribution in [2.75, 3.05) is 10.6 Å². The minimum atomic E-state index is -3.02. The third-order valence-electron chi connectivity index (χ3n) is 3.55. The Labute approximate surface area is 157 Å². The Kier molecular flexibility index (Phi) is 6.47. The number of alkyl halides is 2. The number of rotatable bonds is 9. The van der Waals surface area contributed by atoms with Gasteiger partial charge in [0.25, 0.3) is 11.5 Å². The maximum Gasteiger partial charge on any atom is 0.387 e. The molecule has 1 heterocycles. The van der Waals surface area contributed by atoms with Crippen molar-refractivity contribution in [1.82, 2.24) is 9.97 Å². The van der Waals surface area contributed by atoms with Gasteiger partial charge in [-0.05, 0) is 18.6 Å². The Morgan fingerprint density at radius 3 is 2.61 bits per heavy atom. The molecule has 7 N–H and O–H groups in total. The largest absolute Gasteiger partial charge is 0.435 e. The highest BCUT2D eigenvalue weighted by molar-refractivity contribution is 5.98. The molecular formula is C16H18F2N6O4. The number of carbonyl (C=O) groups excluding carboxylic acids is 2. The third kappa shape index (κ3) is 5.16. The Morgan fingerprint density at radius 2 is 2.04 bits per heavy atom. The molecule has 0 aliphatic rings. The number of anilines is 3. The summed E-state index contributed by atoms with van der Waals surface area (Å²) in [5.74, 6) is -2.26. The number of nitrogens with one attached hydrogen (secondary N) is 3. The number of benzene rings is 1. The van der Waals surface area contributed by atoms with Crippen LogP contribution in [0.1, 0.15) is 23.7 Å². The highest BCUT2D eigenvalue weighted by Crippen LogP contribution is 2.23. The van der Waals surface area contributed by atoms with Gasteiger partial charge in [-0.25, -0.2) is 0 Å². The topological polar surface area (TPSA) is 165 Å². The molecule has 28 heavy (non-hydrogen) atoms. The molecular weight excluding hydrogens is 378 g/mol. The van der Waals surface area contributed by atoms with Gasteiger partial charge in [0.2, 0.25) is 11.9 Å². The van der Waals surface area contributed by atoms with E-state index in [0.29, 0.717) is 6.42 Å². The fourth-order valence-corrected chi connectivity index (χ4v) is 2.29. The fraction of sp³-hybridized carbons (Fsp3) is 0.250. The molecule has 1 aromatic carbocycles. The predicted molar refractivity (Wildman–Crippen MR) is 96.6 cm³/mol. The Morgan fingerprint density at radius 1 is 1.32 bits per heavy atom. The first-order valence-corrected chi connectivity index (χ1v) is 8.03. The summed E-state index contributed by atoms with van der Waals surface area (Å²) in [5.41, 5.74) is 9.32. The molecule has 0 fully saturated rings. The maximum absolute atomic E-state index is 12.4. The molecule has 0 spiro atoms. The van der Waals surface area contributed by atoms with Crippen molar-refractivity contribution in [2.45, 2.75) is 26.0 Å². The fourth-order valence-electron chi connectivity index (χ4n) is 2.29. The third-order valence-corrected chi connectivity index (χ3v) is 3.55. The van der Waals surface area contributed by atoms with Crippen molar-refractivity contribution in [3.8, 4) is 5.75 Å². The monoisotopic (exact) mass is 396 g/mol. The van der Waals surface area contributed by atoms with Crippen molar-refractivity contribution in [3.63, 3.8) is 0 Å². The second-order valence-electron chi connectivity index (χ2n) is 5.54. The van der Waals surface area contributed by atoms with E-state index in [9.17, 15) is 23.2 Å². The normalized spacial score (nSPS) is 11.7. The predicted octanol–water partition coefficient (Wildman–Crippen LogP) is 0.890. The van der Waals surface area contributed by atoms with E-state index in [1.54, 1.807) is 6.92 Å². The average Bonchev–Trinajstić information content (AvgIpc) is 2.58. The number of carbonyl (C=O) groups is 2. The molecule has 0 aliphatic carbocycles. The lowest BCUT2D eigenvalue weighted by molar-refractivity contribution is -0.118. The molecule has 150 valence electrons. The average molecular weight is 396 g/mol. The van der Waals surface area contributed by atoms with Crippen molar-refractivity contribution >= 4 is 29.3 Å². The van der Waals surface area contributed by atoms with E-state index in [0.717, 1.165) is 0 Å². The van der Waals surface area contributed by atoms with Gasteiger partial charge in [0.1, 0.15) is 17.4 Å². The molecule has 0 aliphatic heterocycles. The first-order chi connectivity index (χ1) is 13.2. The molecule has 2 rings (SSSR count). The van der Waals surface area contributed by atoms with Crippen LogP contribution in [-0.4, -0.2) is 34.4 Å². The number of H-pyrrole nitrogens is 1. The van der Waals surface area contributed by atoms with Gasteiger partial charge in [0.15, 0.2) is 5.82 Å². The van der Waals surface area contributed by atoms with Crippen LogP contribution in [-0.2, 0) is 4.79 Å². The summed E-state index contributed by atoms with van der Waals surface area (Å²) >= 11 is 0. The van der Waals surface area contributed by atoms with Crippen LogP contribution in [0.3, 0.4) is 0 Å². The van der Waals surface area contributed by atoms with Gasteiger partial charge in [0, 0.05) is 11.8 Å². The number of aromatic nitrogens is 2. The molecule has 0 unspecified atom stereocenters. The van der Waals surface area contributed by atoms with E-state index in [1.807, 2.05) is 0 Å². The molecule has 2 aromatic rings. The quantitative estimate of drug-likeness (QED) is 0.420. The summed E-state index contributed by atoms with van der Waals surface area (Å²) in [4.78, 5) is 41.6. The molecule has 0 saturated heterocycles. The number of ether oxygens (including phenoxy) is 1. The van der Waals surface area contributed by atoms with Crippen LogP contribution < -0.4 is 32.4 Å². The van der Waals surface area contributed by atoms with Gasteiger partial charge in [-0.1, -0.05) is 13.0 Å². The summed E-state index contributed by atoms with van der Waals surface area (Å²) in [7, 11) is 0. The lowest BCUT2D eigenvalue weighted by atomic mass is 10.2. The van der Waals surface area contributed by atoms with Crippen molar-refractivity contribution in [2.24, 2.45) is 11.5 Å². The van der Waals surface area contributed by atoms with Crippen molar-refractivity contribution in [1.29, 1.82) is 0 Å². The number of hydrogen-bond donors (Lipinski definition) is 5. The van der Waals surface area contributed by atoms with E-state index >= 15 is 0 Å². The first-order valence-electron chi connectivity index (χ1n) is 8.03. The zero-order chi connectivity index (χ0) is 20.8. The number of nitrogens with two attached hydrogens (primary N) is 2. The standard InChI is InChI=1S/C16H18F2N6O4/c1-2-9(11(19)25)22-16-23-13(10(12(20)26)14(27)24-16)21-7-4-3-5-8(6-7)28-15(17)18/h3-6,9,15H,2H2,1H3,(H2,19,25)(H2,20,26)(H3,21,22,23,24,27)/t9-/m1/s1. The van der Waals surface area contributed by atoms with Crippen LogP contribution in [0.4, 0.5) is 26.2 Å². The van der Waals surface area contributed by atoms with E-state index in [-0.39, 0.29) is 23.2 Å². The van der Waals surface area contributed by atoms with Gasteiger partial charge in [-0.3, -0.25) is 19.4 Å². The smallest absolute Gasteiger partial charge is 0.387 e. The molecule has 0 radical (unpaired) electrons. The number of primary amides is 2. The summed E-state index contributed by atoms with van der Waals surface area (Å²) in [6.45, 7) is -1.34. The van der Waals surface area contributed by atoms with Gasteiger partial charge in [-0.2, -0.15) is 13.8 Å². The van der Waals surface area contributed by atoms with Crippen LogP contribution in [0.2, 0.25) is 0 Å². The van der Waals surface area contributed by atoms with Gasteiger partial charge >= 0.3 is 6.61 Å². The zero-order valence-electron chi connectivity index (χ0n) is 14.7. The lowest BCUT2D eigenvalue weighted by Gasteiger charge is -2.16. The molecule has 2 amide bonds. The maximum atomic E-state index is 12.4. The van der Waals surface area contributed by atoms with E-state index in [4.69, 9.17) is 11.5 Å². The molecule has 12 heteroatoms. The van der Waals surface area contributed by atoms with E-state index < -0.39 is 35.6 Å². The molecule has 1 aromatic heterocycles. The minimum Gasteiger partial charge on any atom is -0.435 e. The second-order valence-corrected chi connectivity index (χ2v) is 5.54. The molecule has 10 nitrogen and oxygen atoms in total. The highest BCUT2D eigenvalue weighted by atomic mass is 19.3. The Bertz CT molecular complexity index is 934. The molecule has 0 saturated carbocycles. The van der Waals surface area contributed by atoms with Crippen molar-refractivity contribution < 1.29 is 23.1 Å². The molecule has 0 bridgehead atoms. The number of nitrogens with zero attached hydrogens (tertiary/aromatic N) is 1. The number of hydrogen-bond acceptors (Lipinski definition) is 7. The summed E-state index contributed by atoms with van der Waals surface area (Å²) in [5, 5.41) is 5.30. The SMILES string of the molecule is CC[C@@H](Nc1nc(Nc2cccc(OC(F)F)c2)c(C(N)=O)c(=O)[nH]1)C(N)=O. The van der Waals surface area contributed by atoms with Gasteiger partial charge < -0.3 is 26.8 Å². The highest BCUT2D eigenvalue weighted by Gasteiger charge is 2.20. The Hall–Kier alpha value is -3.70. The van der Waals surface area contributed by atoms with Crippen LogP contribution in [0.5, 0.6) is 5.75 Å². The van der Waals surface area contributed by atoms with Crippen molar-refractivity contribution in [3.05, 3.63) is 40.2 Å².